The summed E-state index contributed by atoms with van der Waals surface area (Å²) < 4.78 is 11.5. The van der Waals surface area contributed by atoms with Gasteiger partial charge in [0.2, 0.25) is 0 Å². The molecule has 1 heterocycles. The van der Waals surface area contributed by atoms with E-state index in [2.05, 4.69) is 6.07 Å². The van der Waals surface area contributed by atoms with Gasteiger partial charge in [0.1, 0.15) is 12.4 Å². The number of nitrogens with zero attached hydrogens (tertiary/aromatic N) is 1. The van der Waals surface area contributed by atoms with E-state index in [1.54, 1.807) is 0 Å². The summed E-state index contributed by atoms with van der Waals surface area (Å²) in [6.07, 6.45) is 4.57. The predicted molar refractivity (Wildman–Crippen MR) is 105 cm³/mol. The molecule has 4 nitrogen and oxygen atoms in total. The van der Waals surface area contributed by atoms with Crippen LogP contribution in [0.1, 0.15) is 47.2 Å². The first kappa shape index (κ1) is 18.1. The zero-order chi connectivity index (χ0) is 18.6. The maximum atomic E-state index is 13.0. The van der Waals surface area contributed by atoms with Crippen molar-refractivity contribution in [1.29, 1.82) is 0 Å². The number of rotatable bonds is 7. The normalized spacial score (nSPS) is 19.1. The van der Waals surface area contributed by atoms with Gasteiger partial charge in [0, 0.05) is 24.8 Å². The van der Waals surface area contributed by atoms with Crippen molar-refractivity contribution in [1.82, 2.24) is 4.90 Å². The fraction of sp³-hybridized carbons (Fsp3) is 0.435. The number of hydrogen-bond donors (Lipinski definition) is 0. The zero-order valence-corrected chi connectivity index (χ0v) is 15.9. The molecule has 2 aliphatic rings. The highest BCUT2D eigenvalue weighted by atomic mass is 16.5. The molecule has 1 atom stereocenters. The minimum atomic E-state index is 0.114. The second-order valence-electron chi connectivity index (χ2n) is 7.62. The number of amides is 1. The molecule has 27 heavy (non-hydrogen) atoms. The first-order chi connectivity index (χ1) is 13.2. The lowest BCUT2D eigenvalue weighted by Gasteiger charge is -2.23. The first-order valence-corrected chi connectivity index (χ1v) is 9.90. The molecule has 1 aliphatic heterocycles. The third kappa shape index (κ3) is 4.69. The van der Waals surface area contributed by atoms with Gasteiger partial charge in [-0.2, -0.15) is 0 Å². The molecule has 4 heteroatoms. The molecule has 1 saturated heterocycles. The van der Waals surface area contributed by atoms with E-state index < -0.39 is 0 Å². The van der Waals surface area contributed by atoms with E-state index >= 15 is 0 Å². The molecule has 0 spiro atoms. The van der Waals surface area contributed by atoms with Crippen molar-refractivity contribution in [3.8, 4) is 5.75 Å². The van der Waals surface area contributed by atoms with Gasteiger partial charge in [-0.15, -0.1) is 0 Å². The van der Waals surface area contributed by atoms with Crippen LogP contribution in [-0.4, -0.2) is 36.2 Å². The molecule has 0 radical (unpaired) electrons. The molecule has 2 fully saturated rings. The molecule has 4 rings (SSSR count). The van der Waals surface area contributed by atoms with Crippen molar-refractivity contribution >= 4 is 5.91 Å². The maximum absolute atomic E-state index is 13.0. The summed E-state index contributed by atoms with van der Waals surface area (Å²) in [5, 5.41) is 0. The van der Waals surface area contributed by atoms with Crippen LogP contribution in [0.25, 0.3) is 0 Å². The van der Waals surface area contributed by atoms with Gasteiger partial charge >= 0.3 is 0 Å². The van der Waals surface area contributed by atoms with Crippen molar-refractivity contribution in [3.63, 3.8) is 0 Å². The van der Waals surface area contributed by atoms with Crippen molar-refractivity contribution in [2.45, 2.75) is 51.3 Å². The fourth-order valence-corrected chi connectivity index (χ4v) is 3.51. The van der Waals surface area contributed by atoms with E-state index in [0.29, 0.717) is 19.2 Å². The Morgan fingerprint density at radius 3 is 2.67 bits per heavy atom. The molecule has 1 amide bonds. The summed E-state index contributed by atoms with van der Waals surface area (Å²) in [6.45, 7) is 4.09. The van der Waals surface area contributed by atoms with Crippen LogP contribution in [0.2, 0.25) is 0 Å². The molecule has 0 unspecified atom stereocenters. The molecular formula is C23H27NO3. The third-order valence-electron chi connectivity index (χ3n) is 5.26. The largest absolute Gasteiger partial charge is 0.491 e. The SMILES string of the molecule is Cc1ccc(C(=O)N(Cc2cccc(OC[C@H]3CCCO3)c2)C2CC2)cc1. The van der Waals surface area contributed by atoms with E-state index in [1.807, 2.05) is 54.3 Å². The Balaban J connectivity index is 1.43. The Labute approximate surface area is 161 Å². The Bertz CT molecular complexity index is 776. The van der Waals surface area contributed by atoms with Crippen LogP contribution in [0.5, 0.6) is 5.75 Å². The van der Waals surface area contributed by atoms with Gasteiger partial charge in [-0.3, -0.25) is 4.79 Å². The summed E-state index contributed by atoms with van der Waals surface area (Å²) >= 11 is 0. The van der Waals surface area contributed by atoms with Crippen LogP contribution in [0.3, 0.4) is 0 Å². The molecule has 2 aromatic rings. The second kappa shape index (κ2) is 8.13. The summed E-state index contributed by atoms with van der Waals surface area (Å²) in [5.74, 6) is 0.963. The first-order valence-electron chi connectivity index (χ1n) is 9.90. The highest BCUT2D eigenvalue weighted by molar-refractivity contribution is 5.94. The average molecular weight is 365 g/mol. The Morgan fingerprint density at radius 2 is 1.96 bits per heavy atom. The smallest absolute Gasteiger partial charge is 0.254 e. The molecule has 1 aliphatic carbocycles. The van der Waals surface area contributed by atoms with Gasteiger partial charge in [-0.1, -0.05) is 29.8 Å². The summed E-state index contributed by atoms with van der Waals surface area (Å²) in [4.78, 5) is 15.0. The summed E-state index contributed by atoms with van der Waals surface area (Å²) in [6, 6.07) is 16.3. The highest BCUT2D eigenvalue weighted by Crippen LogP contribution is 2.30. The molecule has 0 N–H and O–H groups in total. The number of ether oxygens (including phenoxy) is 2. The molecule has 142 valence electrons. The third-order valence-corrected chi connectivity index (χ3v) is 5.26. The van der Waals surface area contributed by atoms with Crippen LogP contribution in [-0.2, 0) is 11.3 Å². The summed E-state index contributed by atoms with van der Waals surface area (Å²) in [7, 11) is 0. The number of aryl methyl sites for hydroxylation is 1. The second-order valence-corrected chi connectivity index (χ2v) is 7.62. The zero-order valence-electron chi connectivity index (χ0n) is 15.9. The van der Waals surface area contributed by atoms with Gasteiger partial charge < -0.3 is 14.4 Å². The average Bonchev–Trinajstić information content (AvgIpc) is 3.39. The van der Waals surface area contributed by atoms with Gasteiger partial charge in [-0.05, 0) is 62.4 Å². The minimum absolute atomic E-state index is 0.114. The number of carbonyl (C=O) groups is 1. The summed E-state index contributed by atoms with van der Waals surface area (Å²) in [5.41, 5.74) is 3.03. The van der Waals surface area contributed by atoms with Crippen molar-refractivity contribution in [3.05, 3.63) is 65.2 Å². The molecule has 0 bridgehead atoms. The fourth-order valence-electron chi connectivity index (χ4n) is 3.51. The van der Waals surface area contributed by atoms with E-state index in [9.17, 15) is 4.79 Å². The van der Waals surface area contributed by atoms with Crippen molar-refractivity contribution in [2.75, 3.05) is 13.2 Å². The van der Waals surface area contributed by atoms with E-state index in [1.165, 1.54) is 5.56 Å². The predicted octanol–water partition coefficient (Wildman–Crippen LogP) is 4.36. The Morgan fingerprint density at radius 1 is 1.15 bits per heavy atom. The van der Waals surface area contributed by atoms with Crippen LogP contribution in [0, 0.1) is 6.92 Å². The number of benzene rings is 2. The maximum Gasteiger partial charge on any atom is 0.254 e. The van der Waals surface area contributed by atoms with E-state index in [0.717, 1.165) is 49.2 Å². The van der Waals surface area contributed by atoms with Crippen LogP contribution in [0.15, 0.2) is 48.5 Å². The Kier molecular flexibility index (Phi) is 5.44. The number of hydrogen-bond acceptors (Lipinski definition) is 3. The molecule has 0 aromatic heterocycles. The van der Waals surface area contributed by atoms with Gasteiger partial charge in [-0.25, -0.2) is 0 Å². The van der Waals surface area contributed by atoms with Crippen LogP contribution >= 0.6 is 0 Å². The quantitative estimate of drug-likeness (QED) is 0.732. The Hall–Kier alpha value is -2.33. The van der Waals surface area contributed by atoms with Crippen molar-refractivity contribution < 1.29 is 14.3 Å². The lowest BCUT2D eigenvalue weighted by Crippen LogP contribution is -2.32. The van der Waals surface area contributed by atoms with Crippen LogP contribution in [0.4, 0.5) is 0 Å². The topological polar surface area (TPSA) is 38.8 Å². The number of carbonyl (C=O) groups excluding carboxylic acids is 1. The van der Waals surface area contributed by atoms with Gasteiger partial charge in [0.25, 0.3) is 5.91 Å². The van der Waals surface area contributed by atoms with E-state index in [-0.39, 0.29) is 12.0 Å². The lowest BCUT2D eigenvalue weighted by atomic mass is 10.1. The monoisotopic (exact) mass is 365 g/mol. The molecule has 2 aromatic carbocycles. The molecular weight excluding hydrogens is 338 g/mol. The lowest BCUT2D eigenvalue weighted by molar-refractivity contribution is 0.0678. The van der Waals surface area contributed by atoms with Crippen molar-refractivity contribution in [2.24, 2.45) is 0 Å². The highest BCUT2D eigenvalue weighted by Gasteiger charge is 2.33. The molecule has 1 saturated carbocycles. The minimum Gasteiger partial charge on any atom is -0.491 e. The van der Waals surface area contributed by atoms with Gasteiger partial charge in [0.05, 0.1) is 6.10 Å². The van der Waals surface area contributed by atoms with E-state index in [4.69, 9.17) is 9.47 Å². The van der Waals surface area contributed by atoms with Crippen LogP contribution < -0.4 is 4.74 Å². The van der Waals surface area contributed by atoms with Gasteiger partial charge in [0.15, 0.2) is 0 Å². The standard InChI is InChI=1S/C23H27NO3/c1-17-7-9-19(10-8-17)23(25)24(20-11-12-20)15-18-4-2-5-21(14-18)27-16-22-6-3-13-26-22/h2,4-5,7-10,14,20,22H,3,6,11-13,15-16H2,1H3/t22-/m1/s1.